The smallest absolute Gasteiger partial charge is 0.161 e. The maximum absolute atomic E-state index is 6.97. The molecule has 12 rings (SSSR count). The Labute approximate surface area is 331 Å². The average molecular weight is 828 g/mol. The number of hydrogen-bond donors (Lipinski definition) is 0. The first-order valence-corrected chi connectivity index (χ1v) is 20.9. The molecule has 0 fully saturated rings. The summed E-state index contributed by atoms with van der Waals surface area (Å²) in [5.41, 5.74) is 8.33. The lowest BCUT2D eigenvalue weighted by atomic mass is 10.0. The number of halogens is 1. The Morgan fingerprint density at radius 2 is 1.11 bits per heavy atom. The summed E-state index contributed by atoms with van der Waals surface area (Å²) in [6.45, 7) is 0. The number of aliphatic imine (C=N–C) groups is 2. The molecule has 56 heavy (non-hydrogen) atoms. The molecule has 262 valence electrons. The van der Waals surface area contributed by atoms with Gasteiger partial charge in [-0.3, -0.25) is 0 Å². The van der Waals surface area contributed by atoms with E-state index in [0.717, 1.165) is 63.0 Å². The number of hydrogen-bond acceptors (Lipinski definition) is 3. The zero-order valence-corrected chi connectivity index (χ0v) is 32.1. The van der Waals surface area contributed by atoms with E-state index < -0.39 is 20.7 Å². The zero-order valence-electron chi connectivity index (χ0n) is 29.9. The first-order valence-electron chi connectivity index (χ1n) is 18.8. The Morgan fingerprint density at radius 1 is 0.464 bits per heavy atom. The van der Waals surface area contributed by atoms with E-state index in [1.165, 1.54) is 48.6 Å². The monoisotopic (exact) mass is 827 g/mol. The minimum atomic E-state index is -0.778. The second-order valence-corrected chi connectivity index (χ2v) is 16.9. The van der Waals surface area contributed by atoms with Crippen LogP contribution in [0.15, 0.2) is 196 Å². The third-order valence-electron chi connectivity index (χ3n) is 11.1. The van der Waals surface area contributed by atoms with Crippen LogP contribution >= 0.6 is 20.7 Å². The fourth-order valence-electron chi connectivity index (χ4n) is 8.50. The number of amidine groups is 1. The molecule has 0 atom stereocenters. The molecule has 3 heterocycles. The molecule has 0 saturated heterocycles. The van der Waals surface area contributed by atoms with Crippen LogP contribution in [0.5, 0.6) is 0 Å². The minimum absolute atomic E-state index is 0.738. The van der Waals surface area contributed by atoms with Crippen LogP contribution in [0.4, 0.5) is 0 Å². The molecule has 0 radical (unpaired) electrons. The second kappa shape index (κ2) is 12.4. The Bertz CT molecular complexity index is 3470. The third kappa shape index (κ3) is 4.87. The largest absolute Gasteiger partial charge is 0.454 e. The van der Waals surface area contributed by atoms with Gasteiger partial charge in [-0.15, -0.1) is 0 Å². The molecule has 11 aromatic rings. The SMILES string of the molecule is c1ccc2cc(C3=NC(c4ccc5ccccc5c4)=IC(c4cccc5oc6c(-n7c8ccccc8c8ccc9ccccc9c87)cccc6c45)=N3)ccc2c1. The first kappa shape index (κ1) is 31.6. The highest BCUT2D eigenvalue weighted by molar-refractivity contribution is 14.2. The summed E-state index contributed by atoms with van der Waals surface area (Å²) in [6.07, 6.45) is 0. The van der Waals surface area contributed by atoms with Crippen LogP contribution in [0.2, 0.25) is 0 Å². The highest BCUT2D eigenvalue weighted by Gasteiger charge is 2.23. The molecule has 5 heteroatoms. The number of aromatic nitrogens is 1. The van der Waals surface area contributed by atoms with Gasteiger partial charge in [0.25, 0.3) is 0 Å². The Kier molecular flexibility index (Phi) is 7.01. The van der Waals surface area contributed by atoms with E-state index in [1.54, 1.807) is 0 Å². The van der Waals surface area contributed by atoms with Crippen molar-refractivity contribution in [1.29, 1.82) is 0 Å². The lowest BCUT2D eigenvalue weighted by Gasteiger charge is -2.14. The topological polar surface area (TPSA) is 42.8 Å². The van der Waals surface area contributed by atoms with Crippen molar-refractivity contribution in [2.45, 2.75) is 0 Å². The van der Waals surface area contributed by atoms with Crippen LogP contribution < -0.4 is 0 Å². The van der Waals surface area contributed by atoms with Crippen LogP contribution in [0.1, 0.15) is 16.7 Å². The summed E-state index contributed by atoms with van der Waals surface area (Å²) in [6, 6.07) is 65.1. The molecule has 0 aliphatic carbocycles. The molecule has 1 aliphatic rings. The summed E-state index contributed by atoms with van der Waals surface area (Å²) in [4.78, 5) is 10.8. The van der Waals surface area contributed by atoms with Crippen LogP contribution in [0.3, 0.4) is 0 Å². The van der Waals surface area contributed by atoms with Crippen molar-refractivity contribution < 1.29 is 4.42 Å². The van der Waals surface area contributed by atoms with Gasteiger partial charge in [0.2, 0.25) is 0 Å². The predicted octanol–water partition coefficient (Wildman–Crippen LogP) is 13.5. The van der Waals surface area contributed by atoms with Gasteiger partial charge in [-0.2, -0.15) is 0 Å². The van der Waals surface area contributed by atoms with E-state index in [0.29, 0.717) is 0 Å². The summed E-state index contributed by atoms with van der Waals surface area (Å²) < 4.78 is 11.5. The number of rotatable bonds is 4. The molecule has 0 spiro atoms. The predicted molar refractivity (Wildman–Crippen MR) is 245 cm³/mol. The second-order valence-electron chi connectivity index (χ2n) is 14.3. The van der Waals surface area contributed by atoms with Crippen molar-refractivity contribution in [3.63, 3.8) is 0 Å². The summed E-state index contributed by atoms with van der Waals surface area (Å²) in [7, 11) is 0. The normalized spacial score (nSPS) is 13.5. The van der Waals surface area contributed by atoms with Crippen molar-refractivity contribution in [2.75, 3.05) is 0 Å². The van der Waals surface area contributed by atoms with E-state index in [4.69, 9.17) is 14.4 Å². The maximum atomic E-state index is 6.97. The molecule has 2 aromatic heterocycles. The summed E-state index contributed by atoms with van der Waals surface area (Å²) in [5.74, 6) is 0.738. The standard InChI is InChI=1S/C51H30IN3O/c1-3-14-34-29-36(25-23-31(34)11-1)49-52-50(54-51(53-49)37-26-24-32-12-2-4-15-35(32)30-37)42-19-10-22-45-46(42)41-18-9-21-44(48(41)56-45)55-43-20-8-7-17-39(43)40-28-27-33-13-5-6-16-38(33)47(40)55/h1-30H. The van der Waals surface area contributed by atoms with Crippen LogP contribution in [0.25, 0.3) is 81.7 Å². The zero-order chi connectivity index (χ0) is 36.7. The van der Waals surface area contributed by atoms with Gasteiger partial charge in [-0.1, -0.05) is 152 Å². The highest BCUT2D eigenvalue weighted by Crippen LogP contribution is 2.42. The quantitative estimate of drug-likeness (QED) is 0.163. The van der Waals surface area contributed by atoms with Crippen LogP contribution in [-0.2, 0) is 0 Å². The van der Waals surface area contributed by atoms with Crippen molar-refractivity contribution in [1.82, 2.24) is 4.57 Å². The molecule has 0 bridgehead atoms. The van der Waals surface area contributed by atoms with Gasteiger partial charge in [0.15, 0.2) is 11.4 Å². The molecule has 0 unspecified atom stereocenters. The van der Waals surface area contributed by atoms with Crippen molar-refractivity contribution in [3.8, 4) is 5.69 Å². The Morgan fingerprint density at radius 3 is 1.93 bits per heavy atom. The third-order valence-corrected chi connectivity index (χ3v) is 13.8. The number of para-hydroxylation sites is 2. The fraction of sp³-hybridized carbons (Fsp3) is 0. The van der Waals surface area contributed by atoms with E-state index in [1.807, 2.05) is 0 Å². The number of fused-ring (bicyclic) bond motifs is 10. The molecule has 0 saturated carbocycles. The molecule has 0 amide bonds. The van der Waals surface area contributed by atoms with E-state index in [2.05, 4.69) is 187 Å². The Balaban J connectivity index is 1.10. The van der Waals surface area contributed by atoms with Crippen LogP contribution in [-0.4, -0.2) is 17.8 Å². The molecule has 9 aromatic carbocycles. The van der Waals surface area contributed by atoms with Gasteiger partial charge in [0.05, 0.1) is 16.7 Å². The first-order chi connectivity index (χ1) is 27.7. The molecular weight excluding hydrogens is 797 g/mol. The molecule has 4 nitrogen and oxygen atoms in total. The van der Waals surface area contributed by atoms with Gasteiger partial charge >= 0.3 is 0 Å². The number of nitrogens with zero attached hydrogens (tertiary/aromatic N) is 3. The van der Waals surface area contributed by atoms with Crippen molar-refractivity contribution in [3.05, 3.63) is 199 Å². The summed E-state index contributed by atoms with van der Waals surface area (Å²) >= 11 is -0.778. The number of benzene rings is 9. The highest BCUT2D eigenvalue weighted by atomic mass is 127. The average Bonchev–Trinajstić information content (AvgIpc) is 3.82. The Hall–Kier alpha value is -6.70. The van der Waals surface area contributed by atoms with E-state index >= 15 is 0 Å². The van der Waals surface area contributed by atoms with Gasteiger partial charge in [-0.25, -0.2) is 9.98 Å². The van der Waals surface area contributed by atoms with Crippen LogP contribution in [0, 0.1) is 0 Å². The van der Waals surface area contributed by atoms with Crippen molar-refractivity contribution in [2.24, 2.45) is 9.98 Å². The molecule has 0 N–H and O–H groups in total. The maximum Gasteiger partial charge on any atom is 0.161 e. The molecule has 1 aliphatic heterocycles. The minimum Gasteiger partial charge on any atom is -0.454 e. The van der Waals surface area contributed by atoms with Gasteiger partial charge in [0, 0.05) is 43.6 Å². The lowest BCUT2D eigenvalue weighted by Crippen LogP contribution is -2.11. The van der Waals surface area contributed by atoms with Gasteiger partial charge in [-0.05, 0) is 78.0 Å². The van der Waals surface area contributed by atoms with E-state index in [9.17, 15) is 0 Å². The van der Waals surface area contributed by atoms with Gasteiger partial charge < -0.3 is 8.98 Å². The van der Waals surface area contributed by atoms with Crippen molar-refractivity contribution >= 4 is 110 Å². The molecular formula is C51H30IN3O. The van der Waals surface area contributed by atoms with Gasteiger partial charge in [0.1, 0.15) is 12.9 Å². The lowest BCUT2D eigenvalue weighted by molar-refractivity contribution is 0.666. The number of furan rings is 1. The fourth-order valence-corrected chi connectivity index (χ4v) is 11.1. The summed E-state index contributed by atoms with van der Waals surface area (Å²) in [5, 5.41) is 11.8. The van der Waals surface area contributed by atoms with E-state index in [-0.39, 0.29) is 0 Å².